The number of aromatic nitrogens is 5. The van der Waals surface area contributed by atoms with Gasteiger partial charge in [0.15, 0.2) is 5.65 Å². The lowest BCUT2D eigenvalue weighted by atomic mass is 9.96. The number of hydrogen-bond acceptors (Lipinski definition) is 7. The summed E-state index contributed by atoms with van der Waals surface area (Å²) in [5, 5.41) is 14.7. The molecule has 1 aromatic carbocycles. The molecule has 11 heteroatoms. The van der Waals surface area contributed by atoms with Crippen LogP contribution in [-0.4, -0.2) is 55.1 Å². The highest BCUT2D eigenvalue weighted by Crippen LogP contribution is 2.32. The lowest BCUT2D eigenvalue weighted by Gasteiger charge is -2.14. The zero-order valence-electron chi connectivity index (χ0n) is 22.1. The van der Waals surface area contributed by atoms with Crippen molar-refractivity contribution in [3.05, 3.63) is 71.9 Å². The SMILES string of the molecule is C=CC(=O)N1CCC(Cc2n[nH]c3nccc(-c4ccc(CNC(=O)c5noc(C(C)(C)C)n5)c(F)c4)c23)C1. The summed E-state index contributed by atoms with van der Waals surface area (Å²) in [7, 11) is 0. The van der Waals surface area contributed by atoms with Crippen LogP contribution < -0.4 is 5.32 Å². The van der Waals surface area contributed by atoms with Crippen molar-refractivity contribution in [3.8, 4) is 11.1 Å². The predicted molar refractivity (Wildman–Crippen MR) is 142 cm³/mol. The van der Waals surface area contributed by atoms with Gasteiger partial charge in [-0.25, -0.2) is 9.37 Å². The molecule has 202 valence electrons. The summed E-state index contributed by atoms with van der Waals surface area (Å²) in [6.45, 7) is 10.6. The maximum absolute atomic E-state index is 15.2. The van der Waals surface area contributed by atoms with E-state index >= 15 is 4.39 Å². The summed E-state index contributed by atoms with van der Waals surface area (Å²) in [5.74, 6) is -0.554. The van der Waals surface area contributed by atoms with Gasteiger partial charge < -0.3 is 14.7 Å². The molecule has 1 aliphatic heterocycles. The number of aromatic amines is 1. The molecule has 0 radical (unpaired) electrons. The molecule has 0 aliphatic carbocycles. The first-order chi connectivity index (χ1) is 18.6. The molecule has 39 heavy (non-hydrogen) atoms. The Bertz CT molecular complexity index is 1550. The number of amides is 2. The van der Waals surface area contributed by atoms with Crippen LogP contribution in [0.25, 0.3) is 22.2 Å². The fraction of sp³-hybridized carbons (Fsp3) is 0.357. The van der Waals surface area contributed by atoms with Gasteiger partial charge in [0.25, 0.3) is 11.7 Å². The minimum Gasteiger partial charge on any atom is -0.345 e. The Labute approximate surface area is 224 Å². The summed E-state index contributed by atoms with van der Waals surface area (Å²) < 4.78 is 20.3. The highest BCUT2D eigenvalue weighted by atomic mass is 19.1. The van der Waals surface area contributed by atoms with Crippen molar-refractivity contribution in [3.63, 3.8) is 0 Å². The number of fused-ring (bicyclic) bond motifs is 1. The molecule has 4 heterocycles. The lowest BCUT2D eigenvalue weighted by molar-refractivity contribution is -0.125. The largest absolute Gasteiger partial charge is 0.345 e. The van der Waals surface area contributed by atoms with Gasteiger partial charge in [-0.3, -0.25) is 14.7 Å². The molecule has 0 saturated carbocycles. The van der Waals surface area contributed by atoms with E-state index in [1.165, 1.54) is 12.1 Å². The number of carbonyl (C=O) groups excluding carboxylic acids is 2. The van der Waals surface area contributed by atoms with Gasteiger partial charge in [-0.05, 0) is 48.1 Å². The van der Waals surface area contributed by atoms with Crippen LogP contribution in [0, 0.1) is 11.7 Å². The van der Waals surface area contributed by atoms with Crippen LogP contribution in [0.15, 0.2) is 47.6 Å². The Hall–Kier alpha value is -4.41. The van der Waals surface area contributed by atoms with Crippen molar-refractivity contribution < 1.29 is 18.5 Å². The number of H-pyrrole nitrogens is 1. The van der Waals surface area contributed by atoms with Crippen LogP contribution in [0.3, 0.4) is 0 Å². The van der Waals surface area contributed by atoms with E-state index in [9.17, 15) is 9.59 Å². The highest BCUT2D eigenvalue weighted by molar-refractivity contribution is 5.94. The van der Waals surface area contributed by atoms with E-state index in [4.69, 9.17) is 4.52 Å². The number of halogens is 1. The molecule has 3 aromatic heterocycles. The maximum Gasteiger partial charge on any atom is 0.292 e. The third-order valence-corrected chi connectivity index (χ3v) is 6.86. The van der Waals surface area contributed by atoms with E-state index in [1.807, 2.05) is 32.9 Å². The minimum atomic E-state index is -0.545. The molecule has 1 saturated heterocycles. The van der Waals surface area contributed by atoms with Crippen molar-refractivity contribution in [1.29, 1.82) is 0 Å². The molecule has 0 spiro atoms. The van der Waals surface area contributed by atoms with Crippen molar-refractivity contribution >= 4 is 22.8 Å². The first kappa shape index (κ1) is 26.2. The van der Waals surface area contributed by atoms with Gasteiger partial charge in [0.1, 0.15) is 5.82 Å². The topological polar surface area (TPSA) is 130 Å². The molecule has 4 aromatic rings. The van der Waals surface area contributed by atoms with E-state index in [2.05, 4.69) is 37.2 Å². The predicted octanol–water partition coefficient (Wildman–Crippen LogP) is 3.95. The average molecular weight is 532 g/mol. The van der Waals surface area contributed by atoms with Crippen molar-refractivity contribution in [2.24, 2.45) is 5.92 Å². The molecule has 2 amide bonds. The first-order valence-corrected chi connectivity index (χ1v) is 12.8. The Balaban J connectivity index is 1.32. The smallest absolute Gasteiger partial charge is 0.292 e. The van der Waals surface area contributed by atoms with Crippen molar-refractivity contribution in [2.45, 2.75) is 45.6 Å². The van der Waals surface area contributed by atoms with Crippen LogP contribution in [0.1, 0.15) is 55.0 Å². The van der Waals surface area contributed by atoms with E-state index in [-0.39, 0.29) is 29.6 Å². The van der Waals surface area contributed by atoms with Gasteiger partial charge in [-0.1, -0.05) is 44.6 Å². The van der Waals surface area contributed by atoms with Gasteiger partial charge in [0.2, 0.25) is 11.8 Å². The number of carbonyl (C=O) groups is 2. The molecule has 0 bridgehead atoms. The summed E-state index contributed by atoms with van der Waals surface area (Å²) >= 11 is 0. The average Bonchev–Trinajstić information content (AvgIpc) is 3.67. The van der Waals surface area contributed by atoms with Gasteiger partial charge >= 0.3 is 0 Å². The van der Waals surface area contributed by atoms with Gasteiger partial charge in [0.05, 0.1) is 5.69 Å². The van der Waals surface area contributed by atoms with Crippen LogP contribution in [0.5, 0.6) is 0 Å². The van der Waals surface area contributed by atoms with Crippen LogP contribution in [-0.2, 0) is 23.2 Å². The summed E-state index contributed by atoms with van der Waals surface area (Å²) in [6, 6.07) is 6.73. The van der Waals surface area contributed by atoms with Gasteiger partial charge in [-0.15, -0.1) is 0 Å². The number of likely N-dealkylation sites (tertiary alicyclic amines) is 1. The zero-order chi connectivity index (χ0) is 27.7. The zero-order valence-corrected chi connectivity index (χ0v) is 22.1. The van der Waals surface area contributed by atoms with E-state index in [1.54, 1.807) is 17.2 Å². The van der Waals surface area contributed by atoms with Crippen LogP contribution >= 0.6 is 0 Å². The number of nitrogens with zero attached hydrogens (tertiary/aromatic N) is 5. The molecule has 5 rings (SSSR count). The Morgan fingerprint density at radius 1 is 1.31 bits per heavy atom. The second kappa shape index (κ2) is 10.4. The fourth-order valence-electron chi connectivity index (χ4n) is 4.74. The molecular weight excluding hydrogens is 501 g/mol. The highest BCUT2D eigenvalue weighted by Gasteiger charge is 2.27. The van der Waals surface area contributed by atoms with E-state index in [0.717, 1.165) is 23.1 Å². The number of pyridine rings is 1. The molecule has 1 fully saturated rings. The number of hydrogen-bond donors (Lipinski definition) is 2. The molecule has 10 nitrogen and oxygen atoms in total. The van der Waals surface area contributed by atoms with Crippen LogP contribution in [0.2, 0.25) is 0 Å². The normalized spacial score (nSPS) is 15.6. The first-order valence-electron chi connectivity index (χ1n) is 12.8. The molecular formula is C28H30FN7O3. The Kier molecular flexibility index (Phi) is 6.98. The van der Waals surface area contributed by atoms with Crippen molar-refractivity contribution in [2.75, 3.05) is 13.1 Å². The summed E-state index contributed by atoms with van der Waals surface area (Å²) in [5.41, 5.74) is 2.85. The molecule has 1 atom stereocenters. The lowest BCUT2D eigenvalue weighted by Crippen LogP contribution is -2.26. The minimum absolute atomic E-state index is 0.0331. The Morgan fingerprint density at radius 2 is 2.13 bits per heavy atom. The fourth-order valence-corrected chi connectivity index (χ4v) is 4.74. The second-order valence-electron chi connectivity index (χ2n) is 10.8. The standard InChI is InChI=1S/C28H30FN7O3/c1-5-22(37)36-11-9-16(15-36)12-21-23-19(8-10-30-24(23)34-33-21)17-6-7-18(20(29)13-17)14-31-26(38)25-32-27(39-35-25)28(2,3)4/h5-8,10,13,16H,1,9,11-12,14-15H2,2-4H3,(H,31,38)(H,30,33,34). The van der Waals surface area contributed by atoms with Gasteiger partial charge in [-0.2, -0.15) is 10.1 Å². The monoisotopic (exact) mass is 531 g/mol. The Morgan fingerprint density at radius 3 is 2.85 bits per heavy atom. The number of nitrogens with one attached hydrogen (secondary N) is 2. The molecule has 1 aliphatic rings. The van der Waals surface area contributed by atoms with E-state index in [0.29, 0.717) is 42.2 Å². The van der Waals surface area contributed by atoms with Crippen LogP contribution in [0.4, 0.5) is 4.39 Å². The van der Waals surface area contributed by atoms with E-state index < -0.39 is 11.7 Å². The number of benzene rings is 1. The maximum atomic E-state index is 15.2. The second-order valence-corrected chi connectivity index (χ2v) is 10.8. The van der Waals surface area contributed by atoms with Crippen molar-refractivity contribution in [1.82, 2.24) is 35.5 Å². The summed E-state index contributed by atoms with van der Waals surface area (Å²) in [6.07, 6.45) is 4.54. The number of rotatable bonds is 7. The molecule has 2 N–H and O–H groups in total. The summed E-state index contributed by atoms with van der Waals surface area (Å²) in [4.78, 5) is 34.8. The quantitative estimate of drug-likeness (QED) is 0.345. The third kappa shape index (κ3) is 5.43. The molecule has 1 unspecified atom stereocenters. The van der Waals surface area contributed by atoms with Gasteiger partial charge in [0, 0.05) is 42.2 Å². The third-order valence-electron chi connectivity index (χ3n) is 6.86.